The Labute approximate surface area is 196 Å². The van der Waals surface area contributed by atoms with Crippen molar-refractivity contribution in [3.63, 3.8) is 0 Å². The van der Waals surface area contributed by atoms with Crippen molar-refractivity contribution in [3.05, 3.63) is 70.0 Å². The number of ketones is 2. The number of phenolic OH excluding ortho intramolecular Hbond substituents is 1. The lowest BCUT2D eigenvalue weighted by atomic mass is 9.59. The van der Waals surface area contributed by atoms with Crippen molar-refractivity contribution in [2.75, 3.05) is 0 Å². The van der Waals surface area contributed by atoms with Gasteiger partial charge in [-0.25, -0.2) is 8.78 Å². The molecule has 0 bridgehead atoms. The monoisotopic (exact) mass is 483 g/mol. The van der Waals surface area contributed by atoms with Gasteiger partial charge in [-0.15, -0.1) is 0 Å². The fourth-order valence-corrected chi connectivity index (χ4v) is 5.58. The molecule has 10 heteroatoms. The molecule has 3 unspecified atom stereocenters. The molecule has 8 nitrogen and oxygen atoms in total. The van der Waals surface area contributed by atoms with Gasteiger partial charge in [-0.05, 0) is 48.1 Å². The molecule has 3 atom stereocenters. The van der Waals surface area contributed by atoms with E-state index in [9.17, 15) is 43.6 Å². The highest BCUT2D eigenvalue weighted by atomic mass is 19.1. The molecular weight excluding hydrogens is 464 g/mol. The normalized spacial score (nSPS) is 25.8. The molecule has 2 aromatic rings. The first kappa shape index (κ1) is 22.7. The average molecular weight is 483 g/mol. The van der Waals surface area contributed by atoms with E-state index in [0.717, 1.165) is 6.07 Å². The number of nitrogens with two attached hydrogens (primary N) is 1. The fourth-order valence-electron chi connectivity index (χ4n) is 5.58. The second-order valence-electron chi connectivity index (χ2n) is 9.02. The van der Waals surface area contributed by atoms with Crippen LogP contribution < -0.4 is 5.73 Å². The van der Waals surface area contributed by atoms with Crippen molar-refractivity contribution in [1.82, 2.24) is 0 Å². The molecule has 1 fully saturated rings. The van der Waals surface area contributed by atoms with E-state index in [1.54, 1.807) is 0 Å². The number of halogens is 2. The Kier molecular flexibility index (Phi) is 4.85. The number of Topliss-reactive ketones (excluding diaryl/α,β-unsaturated/α-hetero) is 2. The lowest BCUT2D eigenvalue weighted by molar-refractivity contribution is -0.147. The van der Waals surface area contributed by atoms with E-state index < -0.39 is 75.8 Å². The fraction of sp³-hybridized carbons (Fsp3) is 0.240. The molecule has 0 saturated heterocycles. The Bertz CT molecular complexity index is 1430. The molecular formula is C25H19F2NO7. The molecule has 3 aliphatic carbocycles. The van der Waals surface area contributed by atoms with Gasteiger partial charge in [0.1, 0.15) is 34.5 Å². The molecule has 5 rings (SSSR count). The number of amides is 1. The number of carbonyl (C=O) groups excluding carboxylic acids is 3. The van der Waals surface area contributed by atoms with Crippen LogP contribution in [0.2, 0.25) is 0 Å². The number of phenols is 1. The Hall–Kier alpha value is -4.05. The predicted octanol–water partition coefficient (Wildman–Crippen LogP) is 2.37. The van der Waals surface area contributed by atoms with Gasteiger partial charge in [0.2, 0.25) is 5.78 Å². The molecule has 2 aromatic carbocycles. The van der Waals surface area contributed by atoms with Gasteiger partial charge in [0.15, 0.2) is 11.4 Å². The zero-order valence-electron chi connectivity index (χ0n) is 18.0. The highest BCUT2D eigenvalue weighted by molar-refractivity contribution is 6.22. The van der Waals surface area contributed by atoms with E-state index >= 15 is 0 Å². The standard InChI is InChI=1S/C25H19F2NO7/c26-11-1-2-13(15(27)8-11)12-3-4-16(29)19-14(12)6-9-5-10-7-17(30)20(24(28)34)23(33)25(10,35)22(32)18(9)21(19)31/h1-4,8-10,29,31,33,35H,5-7H2,(H2,28,34). The highest BCUT2D eigenvalue weighted by Crippen LogP contribution is 2.53. The van der Waals surface area contributed by atoms with Gasteiger partial charge in [0.05, 0.1) is 5.56 Å². The molecule has 0 spiro atoms. The van der Waals surface area contributed by atoms with Crippen molar-refractivity contribution < 1.29 is 43.6 Å². The zero-order chi connectivity index (χ0) is 25.4. The maximum absolute atomic E-state index is 14.6. The smallest absolute Gasteiger partial charge is 0.255 e. The SMILES string of the molecule is NC(=O)C1=C(O)C2(O)C(=O)C3=C(O)c4c(O)ccc(-c5ccc(F)cc5F)c4CC3CC2CC1=O. The first-order valence-electron chi connectivity index (χ1n) is 10.7. The molecule has 0 aliphatic heterocycles. The van der Waals surface area contributed by atoms with Gasteiger partial charge in [0, 0.05) is 29.5 Å². The molecule has 180 valence electrons. The summed E-state index contributed by atoms with van der Waals surface area (Å²) in [6.07, 6.45) is -0.486. The minimum absolute atomic E-state index is 0.00887. The van der Waals surface area contributed by atoms with E-state index in [1.807, 2.05) is 0 Å². The minimum Gasteiger partial charge on any atom is -0.508 e. The molecule has 1 amide bonds. The summed E-state index contributed by atoms with van der Waals surface area (Å²) in [4.78, 5) is 37.6. The van der Waals surface area contributed by atoms with Crippen LogP contribution in [0.15, 0.2) is 47.2 Å². The lowest BCUT2D eigenvalue weighted by Gasteiger charge is -2.46. The third-order valence-corrected chi connectivity index (χ3v) is 7.17. The number of aliphatic hydroxyl groups is 3. The second-order valence-corrected chi connectivity index (χ2v) is 9.02. The molecule has 1 saturated carbocycles. The molecule has 0 radical (unpaired) electrons. The van der Waals surface area contributed by atoms with Crippen molar-refractivity contribution in [1.29, 1.82) is 0 Å². The van der Waals surface area contributed by atoms with Crippen LogP contribution in [-0.4, -0.2) is 43.5 Å². The molecule has 3 aliphatic rings. The van der Waals surface area contributed by atoms with Gasteiger partial charge in [0.25, 0.3) is 5.91 Å². The minimum atomic E-state index is -2.66. The Morgan fingerprint density at radius 3 is 2.37 bits per heavy atom. The van der Waals surface area contributed by atoms with Crippen LogP contribution in [0.3, 0.4) is 0 Å². The number of carbonyl (C=O) groups is 3. The van der Waals surface area contributed by atoms with E-state index in [4.69, 9.17) is 5.73 Å². The molecule has 6 N–H and O–H groups in total. The van der Waals surface area contributed by atoms with Gasteiger partial charge >= 0.3 is 0 Å². The van der Waals surface area contributed by atoms with E-state index in [-0.39, 0.29) is 35.1 Å². The van der Waals surface area contributed by atoms with Crippen molar-refractivity contribution in [3.8, 4) is 16.9 Å². The Morgan fingerprint density at radius 2 is 1.71 bits per heavy atom. The van der Waals surface area contributed by atoms with Crippen LogP contribution in [0.5, 0.6) is 5.75 Å². The summed E-state index contributed by atoms with van der Waals surface area (Å²) in [6, 6.07) is 5.56. The van der Waals surface area contributed by atoms with Crippen molar-refractivity contribution in [2.45, 2.75) is 24.9 Å². The van der Waals surface area contributed by atoms with Crippen LogP contribution in [-0.2, 0) is 20.8 Å². The van der Waals surface area contributed by atoms with Crippen LogP contribution in [0.4, 0.5) is 8.78 Å². The topological polar surface area (TPSA) is 158 Å². The van der Waals surface area contributed by atoms with Crippen LogP contribution >= 0.6 is 0 Å². The Morgan fingerprint density at radius 1 is 1.03 bits per heavy atom. The largest absolute Gasteiger partial charge is 0.508 e. The molecule has 35 heavy (non-hydrogen) atoms. The van der Waals surface area contributed by atoms with Crippen LogP contribution in [0.1, 0.15) is 24.0 Å². The number of aliphatic hydroxyl groups excluding tert-OH is 2. The second kappa shape index (κ2) is 7.47. The highest BCUT2D eigenvalue weighted by Gasteiger charge is 2.60. The first-order chi connectivity index (χ1) is 16.5. The van der Waals surface area contributed by atoms with E-state index in [0.29, 0.717) is 11.6 Å². The van der Waals surface area contributed by atoms with Crippen molar-refractivity contribution in [2.24, 2.45) is 17.6 Å². The van der Waals surface area contributed by atoms with Gasteiger partial charge in [-0.3, -0.25) is 14.4 Å². The Balaban J connectivity index is 1.72. The first-order valence-corrected chi connectivity index (χ1v) is 10.7. The van der Waals surface area contributed by atoms with Gasteiger partial charge < -0.3 is 26.2 Å². The maximum Gasteiger partial charge on any atom is 0.255 e. The maximum atomic E-state index is 14.6. The van der Waals surface area contributed by atoms with Crippen molar-refractivity contribution >= 4 is 23.2 Å². The number of benzene rings is 2. The summed E-state index contributed by atoms with van der Waals surface area (Å²) in [5.74, 6) is -9.04. The summed E-state index contributed by atoms with van der Waals surface area (Å²) in [5.41, 5.74) is 1.72. The third kappa shape index (κ3) is 3.02. The van der Waals surface area contributed by atoms with Crippen LogP contribution in [0.25, 0.3) is 16.9 Å². The van der Waals surface area contributed by atoms with Gasteiger partial charge in [-0.2, -0.15) is 0 Å². The predicted molar refractivity (Wildman–Crippen MR) is 117 cm³/mol. The van der Waals surface area contributed by atoms with E-state index in [1.165, 1.54) is 18.2 Å². The zero-order valence-corrected chi connectivity index (χ0v) is 18.0. The summed E-state index contributed by atoms with van der Waals surface area (Å²) >= 11 is 0. The summed E-state index contributed by atoms with van der Waals surface area (Å²) in [6.45, 7) is 0. The van der Waals surface area contributed by atoms with Crippen LogP contribution in [0, 0.1) is 23.5 Å². The number of hydrogen-bond donors (Lipinski definition) is 5. The summed E-state index contributed by atoms with van der Waals surface area (Å²) in [7, 11) is 0. The summed E-state index contributed by atoms with van der Waals surface area (Å²) < 4.78 is 28.0. The van der Waals surface area contributed by atoms with Gasteiger partial charge in [-0.1, -0.05) is 6.07 Å². The quantitative estimate of drug-likeness (QED) is 0.410. The third-order valence-electron chi connectivity index (χ3n) is 7.17. The molecule has 0 heterocycles. The summed E-state index contributed by atoms with van der Waals surface area (Å²) in [5, 5.41) is 43.4. The number of aromatic hydroxyl groups is 1. The average Bonchev–Trinajstić information content (AvgIpc) is 2.77. The number of primary amides is 1. The lowest BCUT2D eigenvalue weighted by Crippen LogP contribution is -2.58. The van der Waals surface area contributed by atoms with E-state index in [2.05, 4.69) is 0 Å². The number of rotatable bonds is 2. The molecule has 0 aromatic heterocycles. The number of fused-ring (bicyclic) bond motifs is 3. The number of hydrogen-bond acceptors (Lipinski definition) is 7.